The molecule has 1 saturated carbocycles. The van der Waals surface area contributed by atoms with E-state index in [0.717, 1.165) is 18.4 Å². The minimum atomic E-state index is 0.0517. The van der Waals surface area contributed by atoms with E-state index in [0.29, 0.717) is 12.5 Å². The van der Waals surface area contributed by atoms with Crippen LogP contribution in [0.3, 0.4) is 0 Å². The molecule has 0 saturated heterocycles. The lowest BCUT2D eigenvalue weighted by molar-refractivity contribution is -0.128. The highest BCUT2D eigenvalue weighted by molar-refractivity contribution is 5.79. The summed E-state index contributed by atoms with van der Waals surface area (Å²) >= 11 is 0. The normalized spacial score (nSPS) is 20.9. The molecule has 0 atom stereocenters. The predicted octanol–water partition coefficient (Wildman–Crippen LogP) is 2.28. The van der Waals surface area contributed by atoms with E-state index in [9.17, 15) is 4.79 Å². The molecular weight excluding hydrogens is 250 g/mol. The summed E-state index contributed by atoms with van der Waals surface area (Å²) in [7, 11) is 0. The Morgan fingerprint density at radius 3 is 2.55 bits per heavy atom. The van der Waals surface area contributed by atoms with Crippen molar-refractivity contribution < 1.29 is 4.79 Å². The van der Waals surface area contributed by atoms with E-state index < -0.39 is 0 Å². The van der Waals surface area contributed by atoms with Crippen molar-refractivity contribution in [3.8, 4) is 6.19 Å². The van der Waals surface area contributed by atoms with E-state index in [1.54, 1.807) is 0 Å². The summed E-state index contributed by atoms with van der Waals surface area (Å²) in [6.07, 6.45) is 3.43. The number of amides is 1. The quantitative estimate of drug-likeness (QED) is 0.638. The number of rotatable bonds is 5. The summed E-state index contributed by atoms with van der Waals surface area (Å²) in [5, 5.41) is 14.1. The Morgan fingerprint density at radius 1 is 1.35 bits per heavy atom. The molecule has 0 aromatic heterocycles. The number of nitrogens with zero attached hydrogens (tertiary/aromatic N) is 1. The summed E-state index contributed by atoms with van der Waals surface area (Å²) in [6, 6.07) is 8.54. The molecule has 0 spiro atoms. The van der Waals surface area contributed by atoms with Crippen LogP contribution < -0.4 is 10.6 Å². The first kappa shape index (κ1) is 14.4. The Bertz CT molecular complexity index is 495. The second kappa shape index (κ2) is 6.42. The third-order valence-corrected chi connectivity index (χ3v) is 3.89. The van der Waals surface area contributed by atoms with Gasteiger partial charge in [-0.2, -0.15) is 5.26 Å². The summed E-state index contributed by atoms with van der Waals surface area (Å²) in [5.41, 5.74) is 2.43. The Morgan fingerprint density at radius 2 is 2.00 bits per heavy atom. The SMILES string of the molecule is CC(C)c1ccc(CNC(=O)C2CC(NC#N)C2)cc1. The summed E-state index contributed by atoms with van der Waals surface area (Å²) in [6.45, 7) is 4.90. The molecule has 106 valence electrons. The number of hydrogen-bond donors (Lipinski definition) is 2. The molecule has 1 aliphatic rings. The van der Waals surface area contributed by atoms with E-state index in [-0.39, 0.29) is 17.9 Å². The summed E-state index contributed by atoms with van der Waals surface area (Å²) in [4.78, 5) is 11.9. The number of hydrogen-bond acceptors (Lipinski definition) is 3. The van der Waals surface area contributed by atoms with Crippen LogP contribution in [0, 0.1) is 17.4 Å². The molecule has 1 aromatic rings. The van der Waals surface area contributed by atoms with Crippen LogP contribution in [0.15, 0.2) is 24.3 Å². The second-order valence-corrected chi connectivity index (χ2v) is 5.74. The zero-order valence-corrected chi connectivity index (χ0v) is 12.0. The monoisotopic (exact) mass is 271 g/mol. The van der Waals surface area contributed by atoms with Crippen LogP contribution in [0.2, 0.25) is 0 Å². The fourth-order valence-corrected chi connectivity index (χ4v) is 2.39. The first-order chi connectivity index (χ1) is 9.60. The molecule has 2 rings (SSSR count). The fourth-order valence-electron chi connectivity index (χ4n) is 2.39. The Hall–Kier alpha value is -2.02. The van der Waals surface area contributed by atoms with Crippen molar-refractivity contribution in [3.05, 3.63) is 35.4 Å². The van der Waals surface area contributed by atoms with Gasteiger partial charge in [-0.25, -0.2) is 0 Å². The van der Waals surface area contributed by atoms with Crippen molar-refractivity contribution in [1.29, 1.82) is 5.26 Å². The Balaban J connectivity index is 1.75. The zero-order chi connectivity index (χ0) is 14.5. The first-order valence-corrected chi connectivity index (χ1v) is 7.11. The van der Waals surface area contributed by atoms with Gasteiger partial charge in [0, 0.05) is 18.5 Å². The van der Waals surface area contributed by atoms with Crippen LogP contribution in [0.25, 0.3) is 0 Å². The molecule has 0 heterocycles. The topological polar surface area (TPSA) is 64.9 Å². The van der Waals surface area contributed by atoms with Crippen molar-refractivity contribution in [1.82, 2.24) is 10.6 Å². The predicted molar refractivity (Wildman–Crippen MR) is 77.6 cm³/mol. The number of nitrogens with one attached hydrogen (secondary N) is 2. The van der Waals surface area contributed by atoms with Gasteiger partial charge in [0.2, 0.25) is 5.91 Å². The first-order valence-electron chi connectivity index (χ1n) is 7.11. The van der Waals surface area contributed by atoms with Crippen LogP contribution in [-0.2, 0) is 11.3 Å². The van der Waals surface area contributed by atoms with E-state index in [1.165, 1.54) is 5.56 Å². The average Bonchev–Trinajstić information content (AvgIpc) is 2.40. The molecule has 2 N–H and O–H groups in total. The number of carbonyl (C=O) groups is 1. The highest BCUT2D eigenvalue weighted by Gasteiger charge is 2.34. The average molecular weight is 271 g/mol. The van der Waals surface area contributed by atoms with Gasteiger partial charge < -0.3 is 10.6 Å². The van der Waals surface area contributed by atoms with Gasteiger partial charge in [0.15, 0.2) is 6.19 Å². The van der Waals surface area contributed by atoms with Crippen molar-refractivity contribution in [2.75, 3.05) is 0 Å². The lowest BCUT2D eigenvalue weighted by Crippen LogP contribution is -2.46. The third-order valence-electron chi connectivity index (χ3n) is 3.89. The van der Waals surface area contributed by atoms with Crippen LogP contribution in [0.5, 0.6) is 0 Å². The van der Waals surface area contributed by atoms with Gasteiger partial charge >= 0.3 is 0 Å². The lowest BCUT2D eigenvalue weighted by atomic mass is 9.80. The van der Waals surface area contributed by atoms with Crippen molar-refractivity contribution in [2.45, 2.75) is 45.2 Å². The minimum Gasteiger partial charge on any atom is -0.352 e. The summed E-state index contributed by atoms with van der Waals surface area (Å²) in [5.74, 6) is 0.669. The maximum Gasteiger partial charge on any atom is 0.223 e. The van der Waals surface area contributed by atoms with Crippen LogP contribution in [0.4, 0.5) is 0 Å². The van der Waals surface area contributed by atoms with Crippen molar-refractivity contribution >= 4 is 5.91 Å². The third kappa shape index (κ3) is 3.51. The van der Waals surface area contributed by atoms with Gasteiger partial charge in [-0.3, -0.25) is 4.79 Å². The number of benzene rings is 1. The van der Waals surface area contributed by atoms with E-state index in [4.69, 9.17) is 5.26 Å². The van der Waals surface area contributed by atoms with Gasteiger partial charge in [-0.15, -0.1) is 0 Å². The fraction of sp³-hybridized carbons (Fsp3) is 0.500. The summed E-state index contributed by atoms with van der Waals surface area (Å²) < 4.78 is 0. The molecule has 0 bridgehead atoms. The van der Waals surface area contributed by atoms with Crippen LogP contribution in [-0.4, -0.2) is 11.9 Å². The smallest absolute Gasteiger partial charge is 0.223 e. The Labute approximate surface area is 120 Å². The highest BCUT2D eigenvalue weighted by atomic mass is 16.1. The number of carbonyl (C=O) groups excluding carboxylic acids is 1. The molecule has 0 radical (unpaired) electrons. The number of nitriles is 1. The maximum atomic E-state index is 11.9. The van der Waals surface area contributed by atoms with Gasteiger partial charge in [0.05, 0.1) is 0 Å². The molecule has 0 unspecified atom stereocenters. The molecule has 1 aromatic carbocycles. The standard InChI is InChI=1S/C16H21N3O/c1-11(2)13-5-3-12(4-6-13)9-18-16(20)14-7-15(8-14)19-10-17/h3-6,11,14-15,19H,7-9H2,1-2H3,(H,18,20). The van der Waals surface area contributed by atoms with Gasteiger partial charge in [0.25, 0.3) is 0 Å². The van der Waals surface area contributed by atoms with Crippen LogP contribution >= 0.6 is 0 Å². The van der Waals surface area contributed by atoms with E-state index >= 15 is 0 Å². The van der Waals surface area contributed by atoms with E-state index in [2.05, 4.69) is 48.7 Å². The maximum absolute atomic E-state index is 11.9. The van der Waals surface area contributed by atoms with Gasteiger partial charge in [-0.1, -0.05) is 38.1 Å². The lowest BCUT2D eigenvalue weighted by Gasteiger charge is -2.32. The van der Waals surface area contributed by atoms with Crippen molar-refractivity contribution in [2.24, 2.45) is 5.92 Å². The molecular formula is C16H21N3O. The van der Waals surface area contributed by atoms with Gasteiger partial charge in [0.1, 0.15) is 0 Å². The largest absolute Gasteiger partial charge is 0.352 e. The minimum absolute atomic E-state index is 0.0517. The molecule has 4 heteroatoms. The zero-order valence-electron chi connectivity index (χ0n) is 12.0. The Kier molecular flexibility index (Phi) is 4.62. The molecule has 1 aliphatic carbocycles. The van der Waals surface area contributed by atoms with E-state index in [1.807, 2.05) is 6.19 Å². The molecule has 0 aliphatic heterocycles. The molecule has 1 amide bonds. The second-order valence-electron chi connectivity index (χ2n) is 5.74. The molecule has 20 heavy (non-hydrogen) atoms. The molecule has 4 nitrogen and oxygen atoms in total. The van der Waals surface area contributed by atoms with Gasteiger partial charge in [-0.05, 0) is 29.9 Å². The molecule has 1 fully saturated rings. The van der Waals surface area contributed by atoms with Crippen molar-refractivity contribution in [3.63, 3.8) is 0 Å². The van der Waals surface area contributed by atoms with Crippen LogP contribution in [0.1, 0.15) is 43.7 Å². The highest BCUT2D eigenvalue weighted by Crippen LogP contribution is 2.27.